The number of halogens is 1. The van der Waals surface area contributed by atoms with E-state index in [9.17, 15) is 9.18 Å². The van der Waals surface area contributed by atoms with Gasteiger partial charge in [0, 0.05) is 5.56 Å². The first kappa shape index (κ1) is 14.5. The van der Waals surface area contributed by atoms with E-state index >= 15 is 0 Å². The number of hydrogen-bond donors (Lipinski definition) is 1. The quantitative estimate of drug-likeness (QED) is 0.941. The van der Waals surface area contributed by atoms with Gasteiger partial charge in [-0.05, 0) is 42.8 Å². The van der Waals surface area contributed by atoms with Gasteiger partial charge in [-0.3, -0.25) is 4.79 Å². The number of benzene rings is 2. The molecule has 1 N–H and O–H groups in total. The highest BCUT2D eigenvalue weighted by molar-refractivity contribution is 6.05. The van der Waals surface area contributed by atoms with Gasteiger partial charge in [0.2, 0.25) is 0 Å². The molecule has 2 rings (SSSR count). The lowest BCUT2D eigenvalue weighted by Gasteiger charge is -2.12. The SMILES string of the molecule is COc1cccc(C#N)c1NC(=O)c1cc(C)cc(F)c1. The molecule has 0 fully saturated rings. The summed E-state index contributed by atoms with van der Waals surface area (Å²) >= 11 is 0. The van der Waals surface area contributed by atoms with E-state index in [1.54, 1.807) is 31.2 Å². The summed E-state index contributed by atoms with van der Waals surface area (Å²) in [5, 5.41) is 11.7. The van der Waals surface area contributed by atoms with Gasteiger partial charge in [-0.25, -0.2) is 4.39 Å². The van der Waals surface area contributed by atoms with Gasteiger partial charge in [0.15, 0.2) is 0 Å². The van der Waals surface area contributed by atoms with Crippen LogP contribution >= 0.6 is 0 Å². The van der Waals surface area contributed by atoms with Crippen LogP contribution < -0.4 is 10.1 Å². The standard InChI is InChI=1S/C16H13FN2O2/c1-10-6-12(8-13(17)7-10)16(20)19-15-11(9-18)4-3-5-14(15)21-2/h3-8H,1-2H3,(H,19,20). The Hall–Kier alpha value is -2.87. The molecule has 0 bridgehead atoms. The Balaban J connectivity index is 2.38. The summed E-state index contributed by atoms with van der Waals surface area (Å²) in [4.78, 5) is 12.2. The number of amides is 1. The predicted octanol–water partition coefficient (Wildman–Crippen LogP) is 3.27. The minimum atomic E-state index is -0.501. The molecule has 0 saturated heterocycles. The number of para-hydroxylation sites is 1. The van der Waals surface area contributed by atoms with E-state index in [-0.39, 0.29) is 16.8 Å². The van der Waals surface area contributed by atoms with Crippen LogP contribution in [0, 0.1) is 24.1 Å². The first-order chi connectivity index (χ1) is 10.0. The lowest BCUT2D eigenvalue weighted by molar-refractivity contribution is 0.102. The number of rotatable bonds is 3. The van der Waals surface area contributed by atoms with E-state index < -0.39 is 11.7 Å². The third-order valence-corrected chi connectivity index (χ3v) is 2.91. The molecule has 1 amide bonds. The number of aryl methyl sites for hydroxylation is 1. The van der Waals surface area contributed by atoms with E-state index in [0.29, 0.717) is 11.3 Å². The maximum Gasteiger partial charge on any atom is 0.255 e. The first-order valence-corrected chi connectivity index (χ1v) is 6.21. The van der Waals surface area contributed by atoms with Crippen LogP contribution in [0.4, 0.5) is 10.1 Å². The second-order valence-electron chi connectivity index (χ2n) is 4.47. The van der Waals surface area contributed by atoms with Crippen molar-refractivity contribution in [2.24, 2.45) is 0 Å². The fraction of sp³-hybridized carbons (Fsp3) is 0.125. The molecule has 106 valence electrons. The number of nitrogens with one attached hydrogen (secondary N) is 1. The van der Waals surface area contributed by atoms with Gasteiger partial charge >= 0.3 is 0 Å². The Morgan fingerprint density at radius 1 is 1.33 bits per heavy atom. The van der Waals surface area contributed by atoms with Crippen molar-refractivity contribution in [2.45, 2.75) is 6.92 Å². The van der Waals surface area contributed by atoms with Crippen LogP contribution in [0.3, 0.4) is 0 Å². The molecule has 0 aromatic heterocycles. The highest BCUT2D eigenvalue weighted by Crippen LogP contribution is 2.28. The zero-order valence-electron chi connectivity index (χ0n) is 11.6. The Kier molecular flexibility index (Phi) is 4.19. The number of anilines is 1. The highest BCUT2D eigenvalue weighted by atomic mass is 19.1. The maximum absolute atomic E-state index is 13.4. The summed E-state index contributed by atoms with van der Waals surface area (Å²) in [7, 11) is 1.44. The predicted molar refractivity (Wildman–Crippen MR) is 76.8 cm³/mol. The van der Waals surface area contributed by atoms with E-state index in [0.717, 1.165) is 6.07 Å². The van der Waals surface area contributed by atoms with Crippen molar-refractivity contribution in [3.63, 3.8) is 0 Å². The number of carbonyl (C=O) groups excluding carboxylic acids is 1. The summed E-state index contributed by atoms with van der Waals surface area (Å²) in [6.45, 7) is 1.70. The van der Waals surface area contributed by atoms with Crippen LogP contribution in [0.1, 0.15) is 21.5 Å². The van der Waals surface area contributed by atoms with E-state index in [4.69, 9.17) is 10.00 Å². The van der Waals surface area contributed by atoms with Crippen molar-refractivity contribution in [1.82, 2.24) is 0 Å². The number of hydrogen-bond acceptors (Lipinski definition) is 3. The molecule has 2 aromatic rings. The normalized spacial score (nSPS) is 9.81. The fourth-order valence-electron chi connectivity index (χ4n) is 1.98. The zero-order chi connectivity index (χ0) is 15.4. The van der Waals surface area contributed by atoms with Crippen molar-refractivity contribution in [3.8, 4) is 11.8 Å². The van der Waals surface area contributed by atoms with Gasteiger partial charge in [0.05, 0.1) is 12.7 Å². The number of carbonyl (C=O) groups is 1. The molecule has 4 nitrogen and oxygen atoms in total. The smallest absolute Gasteiger partial charge is 0.255 e. The van der Waals surface area contributed by atoms with Crippen LogP contribution in [0.25, 0.3) is 0 Å². The second-order valence-corrected chi connectivity index (χ2v) is 4.47. The number of nitrogens with zero attached hydrogens (tertiary/aromatic N) is 1. The first-order valence-electron chi connectivity index (χ1n) is 6.21. The number of methoxy groups -OCH3 is 1. The van der Waals surface area contributed by atoms with Gasteiger partial charge in [-0.1, -0.05) is 6.07 Å². The second kappa shape index (κ2) is 6.06. The topological polar surface area (TPSA) is 62.1 Å². The molecule has 0 radical (unpaired) electrons. The van der Waals surface area contributed by atoms with E-state index in [2.05, 4.69) is 5.32 Å². The molecule has 21 heavy (non-hydrogen) atoms. The molecule has 5 heteroatoms. The van der Waals surface area contributed by atoms with Gasteiger partial charge in [0.1, 0.15) is 23.3 Å². The van der Waals surface area contributed by atoms with Crippen molar-refractivity contribution >= 4 is 11.6 Å². The van der Waals surface area contributed by atoms with E-state index in [1.807, 2.05) is 6.07 Å². The highest BCUT2D eigenvalue weighted by Gasteiger charge is 2.14. The van der Waals surface area contributed by atoms with Crippen LogP contribution in [0.2, 0.25) is 0 Å². The van der Waals surface area contributed by atoms with Crippen LogP contribution in [0.15, 0.2) is 36.4 Å². The molecule has 0 heterocycles. The van der Waals surface area contributed by atoms with Crippen molar-refractivity contribution in [1.29, 1.82) is 5.26 Å². The van der Waals surface area contributed by atoms with Gasteiger partial charge < -0.3 is 10.1 Å². The van der Waals surface area contributed by atoms with Gasteiger partial charge in [-0.2, -0.15) is 5.26 Å². The molecule has 0 saturated carbocycles. The molecule has 0 aliphatic heterocycles. The average molecular weight is 284 g/mol. The third-order valence-electron chi connectivity index (χ3n) is 2.91. The van der Waals surface area contributed by atoms with Gasteiger partial charge in [-0.15, -0.1) is 0 Å². The lowest BCUT2D eigenvalue weighted by atomic mass is 10.1. The molecule has 0 spiro atoms. The molecule has 0 atom stereocenters. The average Bonchev–Trinajstić information content (AvgIpc) is 2.46. The number of nitriles is 1. The summed E-state index contributed by atoms with van der Waals surface area (Å²) < 4.78 is 18.5. The van der Waals surface area contributed by atoms with Crippen molar-refractivity contribution < 1.29 is 13.9 Å². The lowest BCUT2D eigenvalue weighted by Crippen LogP contribution is -2.14. The molecule has 0 unspecified atom stereocenters. The Bertz CT molecular complexity index is 715. The molecule has 0 aliphatic carbocycles. The Morgan fingerprint density at radius 2 is 2.10 bits per heavy atom. The molecule has 2 aromatic carbocycles. The van der Waals surface area contributed by atoms with Gasteiger partial charge in [0.25, 0.3) is 5.91 Å². The fourth-order valence-corrected chi connectivity index (χ4v) is 1.98. The summed E-state index contributed by atoms with van der Waals surface area (Å²) in [5.74, 6) is -0.616. The van der Waals surface area contributed by atoms with Crippen LogP contribution in [-0.4, -0.2) is 13.0 Å². The van der Waals surface area contributed by atoms with Crippen LogP contribution in [0.5, 0.6) is 5.75 Å². The summed E-state index contributed by atoms with van der Waals surface area (Å²) in [5.41, 5.74) is 1.37. The van der Waals surface area contributed by atoms with Crippen molar-refractivity contribution in [3.05, 3.63) is 58.9 Å². The van der Waals surface area contributed by atoms with E-state index in [1.165, 1.54) is 13.2 Å². The minimum absolute atomic E-state index is 0.183. The zero-order valence-corrected chi connectivity index (χ0v) is 11.6. The maximum atomic E-state index is 13.4. The number of ether oxygens (including phenoxy) is 1. The molecular weight excluding hydrogens is 271 g/mol. The Labute approximate surface area is 121 Å². The monoisotopic (exact) mass is 284 g/mol. The van der Waals surface area contributed by atoms with Crippen LogP contribution in [-0.2, 0) is 0 Å². The summed E-state index contributed by atoms with van der Waals surface area (Å²) in [6.07, 6.45) is 0. The minimum Gasteiger partial charge on any atom is -0.495 e. The van der Waals surface area contributed by atoms with Crippen molar-refractivity contribution in [2.75, 3.05) is 12.4 Å². The summed E-state index contributed by atoms with van der Waals surface area (Å²) in [6, 6.07) is 10.9. The largest absolute Gasteiger partial charge is 0.495 e. The third kappa shape index (κ3) is 3.18. The Morgan fingerprint density at radius 3 is 2.71 bits per heavy atom. The molecular formula is C16H13FN2O2. The molecule has 0 aliphatic rings.